The van der Waals surface area contributed by atoms with E-state index < -0.39 is 11.4 Å². The van der Waals surface area contributed by atoms with Gasteiger partial charge < -0.3 is 20.7 Å². The van der Waals surface area contributed by atoms with Crippen molar-refractivity contribution in [1.82, 2.24) is 10.6 Å². The fourth-order valence-electron chi connectivity index (χ4n) is 6.34. The number of nitrogens with one attached hydrogen (secondary N) is 3. The maximum atomic E-state index is 13.4. The zero-order valence-electron chi connectivity index (χ0n) is 18.0. The molecule has 0 saturated heterocycles. The van der Waals surface area contributed by atoms with E-state index in [9.17, 15) is 19.2 Å². The van der Waals surface area contributed by atoms with Gasteiger partial charge in [0.25, 0.3) is 5.91 Å². The van der Waals surface area contributed by atoms with Gasteiger partial charge in [0, 0.05) is 23.7 Å². The highest BCUT2D eigenvalue weighted by atomic mass is 16.5. The zero-order valence-corrected chi connectivity index (χ0v) is 18.0. The Morgan fingerprint density at radius 3 is 2.26 bits per heavy atom. The van der Waals surface area contributed by atoms with Crippen molar-refractivity contribution >= 4 is 29.4 Å². The molecule has 0 aliphatic heterocycles. The van der Waals surface area contributed by atoms with Gasteiger partial charge in [-0.1, -0.05) is 0 Å². The molecule has 3 amide bonds. The maximum Gasteiger partial charge on any atom is 0.325 e. The molecule has 0 unspecified atom stereocenters. The molecular weight excluding hydrogens is 398 g/mol. The van der Waals surface area contributed by atoms with Crippen LogP contribution in [0.15, 0.2) is 24.3 Å². The van der Waals surface area contributed by atoms with Gasteiger partial charge in [-0.25, -0.2) is 0 Å². The van der Waals surface area contributed by atoms with Crippen molar-refractivity contribution in [1.29, 1.82) is 0 Å². The minimum Gasteiger partial charge on any atom is -0.468 e. The highest BCUT2D eigenvalue weighted by molar-refractivity contribution is 5.98. The third kappa shape index (κ3) is 4.29. The summed E-state index contributed by atoms with van der Waals surface area (Å²) in [6, 6.07) is 6.60. The van der Waals surface area contributed by atoms with E-state index in [1.54, 1.807) is 31.2 Å². The molecule has 0 spiro atoms. The topological polar surface area (TPSA) is 114 Å². The number of carbonyl (C=O) groups is 4. The number of methoxy groups -OCH3 is 1. The zero-order chi connectivity index (χ0) is 22.2. The van der Waals surface area contributed by atoms with Gasteiger partial charge in [0.05, 0.1) is 12.5 Å². The van der Waals surface area contributed by atoms with E-state index in [1.807, 2.05) is 0 Å². The smallest absolute Gasteiger partial charge is 0.325 e. The van der Waals surface area contributed by atoms with Crippen LogP contribution in [0, 0.1) is 17.3 Å². The van der Waals surface area contributed by atoms with Gasteiger partial charge in [0.15, 0.2) is 0 Å². The van der Waals surface area contributed by atoms with Crippen molar-refractivity contribution < 1.29 is 23.9 Å². The van der Waals surface area contributed by atoms with Gasteiger partial charge >= 0.3 is 5.97 Å². The third-order valence-electron chi connectivity index (χ3n) is 7.01. The van der Waals surface area contributed by atoms with Crippen LogP contribution in [0.2, 0.25) is 0 Å². The summed E-state index contributed by atoms with van der Waals surface area (Å²) in [7, 11) is 1.26. The lowest BCUT2D eigenvalue weighted by molar-refractivity contribution is -0.148. The fraction of sp³-hybridized carbons (Fsp3) is 0.565. The number of esters is 1. The fourth-order valence-corrected chi connectivity index (χ4v) is 6.34. The molecule has 8 heteroatoms. The van der Waals surface area contributed by atoms with Crippen LogP contribution in [-0.4, -0.2) is 42.9 Å². The first-order valence-corrected chi connectivity index (χ1v) is 10.8. The summed E-state index contributed by atoms with van der Waals surface area (Å²) in [4.78, 5) is 48.5. The number of hydrogen-bond acceptors (Lipinski definition) is 5. The third-order valence-corrected chi connectivity index (χ3v) is 7.01. The van der Waals surface area contributed by atoms with Crippen LogP contribution in [0.25, 0.3) is 0 Å². The number of ether oxygens (including phenoxy) is 1. The quantitative estimate of drug-likeness (QED) is 0.601. The summed E-state index contributed by atoms with van der Waals surface area (Å²) < 4.78 is 4.50. The Bertz CT molecular complexity index is 896. The Hall–Kier alpha value is -2.90. The second-order valence-electron chi connectivity index (χ2n) is 9.49. The summed E-state index contributed by atoms with van der Waals surface area (Å²) in [6.07, 6.45) is 5.49. The van der Waals surface area contributed by atoms with Crippen LogP contribution < -0.4 is 16.0 Å². The first kappa shape index (κ1) is 21.3. The highest BCUT2D eigenvalue weighted by Gasteiger charge is 2.60. The first-order chi connectivity index (χ1) is 14.7. The van der Waals surface area contributed by atoms with Crippen molar-refractivity contribution in [3.8, 4) is 0 Å². The SMILES string of the molecule is COC(=O)CNC(=O)c1ccc(NC(=O)C23C[C@H]4C[C@@H](CC(NC(C)=O)(C4)C2)C3)cc1. The van der Waals surface area contributed by atoms with E-state index in [2.05, 4.69) is 20.7 Å². The summed E-state index contributed by atoms with van der Waals surface area (Å²) in [5.41, 5.74) is 0.304. The molecule has 4 bridgehead atoms. The van der Waals surface area contributed by atoms with Crippen LogP contribution >= 0.6 is 0 Å². The molecule has 4 fully saturated rings. The van der Waals surface area contributed by atoms with E-state index in [0.717, 1.165) is 32.1 Å². The van der Waals surface area contributed by atoms with Gasteiger partial charge in [-0.15, -0.1) is 0 Å². The molecule has 5 rings (SSSR count). The molecule has 0 radical (unpaired) electrons. The average molecular weight is 428 g/mol. The number of rotatable bonds is 6. The number of anilines is 1. The van der Waals surface area contributed by atoms with Crippen molar-refractivity contribution in [3.63, 3.8) is 0 Å². The summed E-state index contributed by atoms with van der Waals surface area (Å²) in [5, 5.41) is 8.70. The molecule has 4 aliphatic rings. The molecule has 8 nitrogen and oxygen atoms in total. The lowest BCUT2D eigenvalue weighted by Gasteiger charge is -2.61. The molecule has 31 heavy (non-hydrogen) atoms. The average Bonchev–Trinajstić information content (AvgIpc) is 2.70. The molecule has 4 aliphatic carbocycles. The molecule has 1 aromatic carbocycles. The standard InChI is InChI=1S/C23H29N3O5/c1-14(27)26-23-10-15-7-16(11-23)9-22(8-15,13-23)21(30)25-18-5-3-17(4-6-18)20(29)24-12-19(28)31-2/h3-6,15-16H,7-13H2,1-2H3,(H,24,29)(H,25,30)(H,26,27)/t15-,16-,22?,23?/m1/s1. The van der Waals surface area contributed by atoms with Crippen molar-refractivity contribution in [2.24, 2.45) is 17.3 Å². The van der Waals surface area contributed by atoms with E-state index >= 15 is 0 Å². The largest absolute Gasteiger partial charge is 0.468 e. The van der Waals surface area contributed by atoms with Gasteiger partial charge in [-0.2, -0.15) is 0 Å². The Morgan fingerprint density at radius 1 is 1.03 bits per heavy atom. The van der Waals surface area contributed by atoms with Crippen LogP contribution in [0.4, 0.5) is 5.69 Å². The molecule has 0 aromatic heterocycles. The molecule has 2 atom stereocenters. The lowest BCUT2D eigenvalue weighted by atomic mass is 9.46. The number of amides is 3. The number of hydrogen-bond donors (Lipinski definition) is 3. The number of carbonyl (C=O) groups excluding carboxylic acids is 4. The van der Waals surface area contributed by atoms with Crippen molar-refractivity contribution in [2.75, 3.05) is 19.0 Å². The Labute approximate surface area is 181 Å². The molecule has 166 valence electrons. The molecule has 0 heterocycles. The second kappa shape index (κ2) is 7.98. The monoisotopic (exact) mass is 427 g/mol. The Morgan fingerprint density at radius 2 is 1.68 bits per heavy atom. The molecular formula is C23H29N3O5. The summed E-state index contributed by atoms with van der Waals surface area (Å²) >= 11 is 0. The maximum absolute atomic E-state index is 13.4. The predicted molar refractivity (Wildman–Crippen MR) is 113 cm³/mol. The van der Waals surface area contributed by atoms with Crippen LogP contribution in [-0.2, 0) is 19.1 Å². The van der Waals surface area contributed by atoms with Gasteiger partial charge in [0.2, 0.25) is 11.8 Å². The van der Waals surface area contributed by atoms with E-state index in [-0.39, 0.29) is 29.8 Å². The molecule has 4 saturated carbocycles. The second-order valence-corrected chi connectivity index (χ2v) is 9.49. The van der Waals surface area contributed by atoms with Gasteiger partial charge in [-0.3, -0.25) is 19.2 Å². The normalized spacial score (nSPS) is 30.4. The van der Waals surface area contributed by atoms with Crippen LogP contribution in [0.5, 0.6) is 0 Å². The molecule has 1 aromatic rings. The Balaban J connectivity index is 1.43. The van der Waals surface area contributed by atoms with E-state index in [4.69, 9.17) is 0 Å². The van der Waals surface area contributed by atoms with Gasteiger partial charge in [0.1, 0.15) is 6.54 Å². The highest BCUT2D eigenvalue weighted by Crippen LogP contribution is 2.61. The van der Waals surface area contributed by atoms with Gasteiger partial charge in [-0.05, 0) is 74.6 Å². The van der Waals surface area contributed by atoms with Crippen LogP contribution in [0.3, 0.4) is 0 Å². The minimum atomic E-state index is -0.523. The van der Waals surface area contributed by atoms with Crippen molar-refractivity contribution in [3.05, 3.63) is 29.8 Å². The first-order valence-electron chi connectivity index (χ1n) is 10.8. The predicted octanol–water partition coefficient (Wildman–Crippen LogP) is 2.00. The lowest BCUT2D eigenvalue weighted by Crippen LogP contribution is -2.65. The number of benzene rings is 1. The van der Waals surface area contributed by atoms with E-state index in [0.29, 0.717) is 29.5 Å². The van der Waals surface area contributed by atoms with E-state index in [1.165, 1.54) is 7.11 Å². The Kier molecular flexibility index (Phi) is 5.49. The molecule has 3 N–H and O–H groups in total. The van der Waals surface area contributed by atoms with Crippen molar-refractivity contribution in [2.45, 2.75) is 51.0 Å². The van der Waals surface area contributed by atoms with Crippen LogP contribution in [0.1, 0.15) is 55.8 Å². The summed E-state index contributed by atoms with van der Waals surface area (Å²) in [6.45, 7) is 1.35. The minimum absolute atomic E-state index is 0.000722. The summed E-state index contributed by atoms with van der Waals surface area (Å²) in [5.74, 6) is 0.00343.